The van der Waals surface area contributed by atoms with Gasteiger partial charge in [-0.2, -0.15) is 0 Å². The van der Waals surface area contributed by atoms with Crippen molar-refractivity contribution in [2.75, 3.05) is 0 Å². The summed E-state index contributed by atoms with van der Waals surface area (Å²) < 4.78 is 0. The van der Waals surface area contributed by atoms with Crippen molar-refractivity contribution >= 4 is 17.2 Å². The number of nitrogens with one attached hydrogen (secondary N) is 1. The van der Waals surface area contributed by atoms with E-state index in [0.717, 1.165) is 42.9 Å². The lowest BCUT2D eigenvalue weighted by molar-refractivity contribution is 0.0937. The molecule has 0 aliphatic heterocycles. The number of fused-ring (bicyclic) bond motifs is 2. The molecule has 2 nitrogen and oxygen atoms in total. The van der Waals surface area contributed by atoms with Crippen LogP contribution in [0.1, 0.15) is 69.9 Å². The van der Waals surface area contributed by atoms with Gasteiger partial charge in [-0.05, 0) is 67.2 Å². The highest BCUT2D eigenvalue weighted by molar-refractivity contribution is 7.14. The molecule has 1 aromatic heterocycles. The average molecular weight is 340 g/mol. The normalized spacial score (nSPS) is 22.5. The van der Waals surface area contributed by atoms with Crippen molar-refractivity contribution in [2.45, 2.75) is 57.9 Å². The van der Waals surface area contributed by atoms with Crippen LogP contribution in [0, 0.1) is 5.92 Å². The van der Waals surface area contributed by atoms with Gasteiger partial charge in [-0.1, -0.05) is 37.6 Å². The Bertz CT molecular complexity index is 748. The number of carbonyl (C=O) groups excluding carboxylic acids is 1. The summed E-state index contributed by atoms with van der Waals surface area (Å²) in [4.78, 5) is 15.1. The Morgan fingerprint density at radius 1 is 1.21 bits per heavy atom. The van der Waals surface area contributed by atoms with Gasteiger partial charge in [-0.25, -0.2) is 0 Å². The van der Waals surface area contributed by atoms with Crippen LogP contribution in [0.25, 0.3) is 0 Å². The summed E-state index contributed by atoms with van der Waals surface area (Å²) in [5, 5.41) is 3.30. The third-order valence-electron chi connectivity index (χ3n) is 5.66. The number of hydrogen-bond donors (Lipinski definition) is 1. The lowest BCUT2D eigenvalue weighted by atomic mass is 9.86. The van der Waals surface area contributed by atoms with Gasteiger partial charge in [0, 0.05) is 4.88 Å². The number of amides is 1. The van der Waals surface area contributed by atoms with Gasteiger partial charge in [-0.3, -0.25) is 4.79 Å². The molecule has 1 N–H and O–H groups in total. The van der Waals surface area contributed by atoms with E-state index in [9.17, 15) is 4.79 Å². The molecule has 4 rings (SSSR count). The van der Waals surface area contributed by atoms with Crippen molar-refractivity contribution in [3.63, 3.8) is 0 Å². The molecule has 0 bridgehead atoms. The fraction of sp³-hybridized carbons (Fsp3) is 0.476. The molecule has 0 saturated carbocycles. The van der Waals surface area contributed by atoms with Gasteiger partial charge in [0.2, 0.25) is 0 Å². The molecular weight excluding hydrogens is 314 g/mol. The maximum absolute atomic E-state index is 12.8. The highest BCUT2D eigenvalue weighted by atomic mass is 32.1. The number of carbonyl (C=O) groups is 1. The van der Waals surface area contributed by atoms with Crippen LogP contribution in [0.5, 0.6) is 0 Å². The van der Waals surface area contributed by atoms with Crippen molar-refractivity contribution in [1.29, 1.82) is 0 Å². The molecular formula is C21H25NOS. The van der Waals surface area contributed by atoms with E-state index in [4.69, 9.17) is 0 Å². The lowest BCUT2D eigenvalue weighted by Gasteiger charge is -2.26. The van der Waals surface area contributed by atoms with E-state index in [2.05, 4.69) is 42.6 Å². The second-order valence-electron chi connectivity index (χ2n) is 7.19. The molecule has 2 aromatic rings. The molecule has 0 spiro atoms. The summed E-state index contributed by atoms with van der Waals surface area (Å²) in [7, 11) is 0. The maximum Gasteiger partial charge on any atom is 0.261 e. The fourth-order valence-corrected chi connectivity index (χ4v) is 5.30. The minimum atomic E-state index is 0.115. The fourth-order valence-electron chi connectivity index (χ4n) is 4.19. The number of benzene rings is 1. The summed E-state index contributed by atoms with van der Waals surface area (Å²) in [6.45, 7) is 2.27. The topological polar surface area (TPSA) is 29.1 Å². The monoisotopic (exact) mass is 339 g/mol. The Balaban J connectivity index is 1.51. The number of hydrogen-bond acceptors (Lipinski definition) is 2. The zero-order chi connectivity index (χ0) is 16.5. The third-order valence-corrected chi connectivity index (χ3v) is 6.90. The molecule has 0 radical (unpaired) electrons. The zero-order valence-corrected chi connectivity index (χ0v) is 15.1. The highest BCUT2D eigenvalue weighted by Gasteiger charge is 2.25. The molecule has 2 atom stereocenters. The average Bonchev–Trinajstić information content (AvgIpc) is 3.05. The van der Waals surface area contributed by atoms with E-state index in [-0.39, 0.29) is 11.9 Å². The summed E-state index contributed by atoms with van der Waals surface area (Å²) >= 11 is 1.71. The van der Waals surface area contributed by atoms with Crippen molar-refractivity contribution in [3.05, 3.63) is 56.8 Å². The van der Waals surface area contributed by atoms with E-state index in [1.807, 2.05) is 0 Å². The van der Waals surface area contributed by atoms with Crippen molar-refractivity contribution < 1.29 is 4.79 Å². The Labute approximate surface area is 148 Å². The van der Waals surface area contributed by atoms with Crippen LogP contribution >= 0.6 is 11.3 Å². The van der Waals surface area contributed by atoms with Crippen molar-refractivity contribution in [2.24, 2.45) is 5.92 Å². The van der Waals surface area contributed by atoms with Gasteiger partial charge >= 0.3 is 0 Å². The summed E-state index contributed by atoms with van der Waals surface area (Å²) in [5.74, 6) is 0.914. The molecule has 2 aliphatic carbocycles. The van der Waals surface area contributed by atoms with E-state index in [0.29, 0.717) is 0 Å². The smallest absolute Gasteiger partial charge is 0.261 e. The molecule has 1 heterocycles. The number of thiophene rings is 1. The molecule has 1 aromatic carbocycles. The Morgan fingerprint density at radius 3 is 2.96 bits per heavy atom. The van der Waals surface area contributed by atoms with Gasteiger partial charge in [0.25, 0.3) is 5.91 Å². The first-order valence-electron chi connectivity index (χ1n) is 9.25. The van der Waals surface area contributed by atoms with E-state index < -0.39 is 0 Å². The molecule has 2 aliphatic rings. The van der Waals surface area contributed by atoms with E-state index >= 15 is 0 Å². The SMILES string of the molecule is CC[C@H]1CCc2sc(C(=O)N[C@H]3CCCc4ccccc43)cc2C1. The largest absolute Gasteiger partial charge is 0.345 e. The van der Waals surface area contributed by atoms with Gasteiger partial charge in [0.15, 0.2) is 0 Å². The third kappa shape index (κ3) is 3.02. The molecule has 3 heteroatoms. The minimum absolute atomic E-state index is 0.115. The van der Waals surface area contributed by atoms with Gasteiger partial charge < -0.3 is 5.32 Å². The van der Waals surface area contributed by atoms with Gasteiger partial charge in [0.05, 0.1) is 10.9 Å². The van der Waals surface area contributed by atoms with Crippen LogP contribution in [0.3, 0.4) is 0 Å². The number of rotatable bonds is 3. The van der Waals surface area contributed by atoms with Crippen molar-refractivity contribution in [1.82, 2.24) is 5.32 Å². The van der Waals surface area contributed by atoms with Gasteiger partial charge in [-0.15, -0.1) is 11.3 Å². The second kappa shape index (κ2) is 6.72. The van der Waals surface area contributed by atoms with Gasteiger partial charge in [0.1, 0.15) is 0 Å². The number of aryl methyl sites for hydroxylation is 2. The summed E-state index contributed by atoms with van der Waals surface area (Å²) in [6.07, 6.45) is 8.16. The van der Waals surface area contributed by atoms with E-state index in [1.165, 1.54) is 34.4 Å². The molecule has 0 fully saturated rings. The first-order valence-corrected chi connectivity index (χ1v) is 10.1. The highest BCUT2D eigenvalue weighted by Crippen LogP contribution is 2.34. The quantitative estimate of drug-likeness (QED) is 0.831. The standard InChI is InChI=1S/C21H25NOS/c1-2-14-10-11-19-16(12-14)13-20(24-19)21(23)22-18-9-5-7-15-6-3-4-8-17(15)18/h3-4,6,8,13-14,18H,2,5,7,9-12H2,1H3,(H,22,23)/t14-,18-/m0/s1. The molecule has 24 heavy (non-hydrogen) atoms. The van der Waals surface area contributed by atoms with Crippen LogP contribution in [-0.4, -0.2) is 5.91 Å². The molecule has 0 unspecified atom stereocenters. The van der Waals surface area contributed by atoms with Crippen molar-refractivity contribution in [3.8, 4) is 0 Å². The summed E-state index contributed by atoms with van der Waals surface area (Å²) in [6, 6.07) is 10.9. The molecule has 1 amide bonds. The van der Waals surface area contributed by atoms with E-state index in [1.54, 1.807) is 11.3 Å². The predicted octanol–water partition coefficient (Wildman–Crippen LogP) is 5.07. The van der Waals surface area contributed by atoms with Crippen LogP contribution in [-0.2, 0) is 19.3 Å². The van der Waals surface area contributed by atoms with Crippen LogP contribution in [0.4, 0.5) is 0 Å². The molecule has 126 valence electrons. The van der Waals surface area contributed by atoms with Crippen LogP contribution in [0.2, 0.25) is 0 Å². The lowest BCUT2D eigenvalue weighted by Crippen LogP contribution is -2.30. The minimum Gasteiger partial charge on any atom is -0.345 e. The first-order chi connectivity index (χ1) is 11.7. The Morgan fingerprint density at radius 2 is 2.08 bits per heavy atom. The predicted molar refractivity (Wildman–Crippen MR) is 99.7 cm³/mol. The zero-order valence-electron chi connectivity index (χ0n) is 14.3. The Kier molecular flexibility index (Phi) is 4.45. The second-order valence-corrected chi connectivity index (χ2v) is 8.33. The molecule has 0 saturated heterocycles. The van der Waals surface area contributed by atoms with Crippen LogP contribution < -0.4 is 5.32 Å². The Hall–Kier alpha value is -1.61. The maximum atomic E-state index is 12.8. The first kappa shape index (κ1) is 15.9. The van der Waals surface area contributed by atoms with Crippen LogP contribution in [0.15, 0.2) is 30.3 Å². The summed E-state index contributed by atoms with van der Waals surface area (Å²) in [5.41, 5.74) is 4.13.